The lowest BCUT2D eigenvalue weighted by Gasteiger charge is -2.21. The van der Waals surface area contributed by atoms with Gasteiger partial charge in [-0.3, -0.25) is 0 Å². The first-order valence-corrected chi connectivity index (χ1v) is 9.26. The normalized spacial score (nSPS) is 12.0. The summed E-state index contributed by atoms with van der Waals surface area (Å²) in [4.78, 5) is 12.8. The third kappa shape index (κ3) is 3.14. The molecule has 0 aliphatic heterocycles. The van der Waals surface area contributed by atoms with Crippen molar-refractivity contribution in [1.29, 1.82) is 0 Å². The van der Waals surface area contributed by atoms with Gasteiger partial charge < -0.3 is 14.2 Å². The molecule has 138 valence electrons. The molecule has 4 nitrogen and oxygen atoms in total. The molecule has 0 amide bonds. The monoisotopic (exact) mass is 429 g/mol. The molecule has 0 bridgehead atoms. The van der Waals surface area contributed by atoms with Crippen molar-refractivity contribution >= 4 is 43.8 Å². The van der Waals surface area contributed by atoms with E-state index in [-0.39, 0.29) is 10.9 Å². The standard InChI is InChI=1S/C21H17BrFNO3/c1-21(2,3)24-19-16(13-10-11(23)8-9-14(13)22)17-18(27-19)12-6-4-5-7-15(12)26-20(17)25/h4-10,24H,1-3H3. The molecule has 0 fully saturated rings. The molecule has 0 radical (unpaired) electrons. The first-order valence-electron chi connectivity index (χ1n) is 8.46. The van der Waals surface area contributed by atoms with E-state index in [9.17, 15) is 9.18 Å². The highest BCUT2D eigenvalue weighted by atomic mass is 79.9. The van der Waals surface area contributed by atoms with Gasteiger partial charge in [-0.2, -0.15) is 0 Å². The number of halogens is 2. The van der Waals surface area contributed by atoms with E-state index in [4.69, 9.17) is 8.83 Å². The molecule has 4 aromatic rings. The molecule has 1 N–H and O–H groups in total. The molecule has 4 rings (SSSR count). The molecule has 0 unspecified atom stereocenters. The molecule has 27 heavy (non-hydrogen) atoms. The Morgan fingerprint density at radius 3 is 2.56 bits per heavy atom. The SMILES string of the molecule is CC(C)(C)Nc1oc2c(c1-c1cc(F)ccc1Br)c(=O)oc1ccccc12. The maximum absolute atomic E-state index is 14.0. The molecular weight excluding hydrogens is 413 g/mol. The minimum Gasteiger partial charge on any atom is -0.439 e. The van der Waals surface area contributed by atoms with Gasteiger partial charge in [0.2, 0.25) is 5.88 Å². The molecule has 0 atom stereocenters. The van der Waals surface area contributed by atoms with E-state index >= 15 is 0 Å². The van der Waals surface area contributed by atoms with Gasteiger partial charge in [-0.25, -0.2) is 9.18 Å². The summed E-state index contributed by atoms with van der Waals surface area (Å²) in [6.07, 6.45) is 0. The van der Waals surface area contributed by atoms with Crippen LogP contribution in [0.25, 0.3) is 33.1 Å². The maximum atomic E-state index is 14.0. The molecule has 0 saturated heterocycles. The van der Waals surface area contributed by atoms with Crippen LogP contribution in [0.1, 0.15) is 20.8 Å². The molecule has 2 heterocycles. The fourth-order valence-electron chi connectivity index (χ4n) is 3.08. The van der Waals surface area contributed by atoms with Gasteiger partial charge in [0.05, 0.1) is 10.9 Å². The lowest BCUT2D eigenvalue weighted by atomic mass is 10.0. The Kier molecular flexibility index (Phi) is 4.11. The highest BCUT2D eigenvalue weighted by molar-refractivity contribution is 9.10. The van der Waals surface area contributed by atoms with E-state index in [1.54, 1.807) is 18.2 Å². The maximum Gasteiger partial charge on any atom is 0.348 e. The molecule has 0 aliphatic carbocycles. The Bertz CT molecular complexity index is 1230. The van der Waals surface area contributed by atoms with Gasteiger partial charge >= 0.3 is 5.63 Å². The summed E-state index contributed by atoms with van der Waals surface area (Å²) in [5.41, 5.74) is 0.989. The van der Waals surface area contributed by atoms with Gasteiger partial charge in [0.15, 0.2) is 5.58 Å². The Balaban J connectivity index is 2.17. The van der Waals surface area contributed by atoms with Crippen molar-refractivity contribution in [3.8, 4) is 11.1 Å². The molecule has 0 saturated carbocycles. The van der Waals surface area contributed by atoms with Gasteiger partial charge in [0.25, 0.3) is 0 Å². The average molecular weight is 430 g/mol. The predicted molar refractivity (Wildman–Crippen MR) is 109 cm³/mol. The van der Waals surface area contributed by atoms with E-state index in [1.165, 1.54) is 12.1 Å². The largest absolute Gasteiger partial charge is 0.439 e. The Labute approximate surface area is 163 Å². The highest BCUT2D eigenvalue weighted by Gasteiger charge is 2.26. The van der Waals surface area contributed by atoms with Crippen LogP contribution in [0.4, 0.5) is 10.3 Å². The zero-order valence-corrected chi connectivity index (χ0v) is 16.6. The van der Waals surface area contributed by atoms with Crippen molar-refractivity contribution in [2.24, 2.45) is 0 Å². The zero-order chi connectivity index (χ0) is 19.3. The van der Waals surface area contributed by atoms with Crippen LogP contribution in [0.5, 0.6) is 0 Å². The second kappa shape index (κ2) is 6.23. The van der Waals surface area contributed by atoms with Crippen molar-refractivity contribution in [1.82, 2.24) is 0 Å². The highest BCUT2D eigenvalue weighted by Crippen LogP contribution is 2.43. The van der Waals surface area contributed by atoms with Crippen LogP contribution in [-0.2, 0) is 0 Å². The number of rotatable bonds is 2. The second-order valence-corrected chi connectivity index (χ2v) is 8.25. The fraction of sp³-hybridized carbons (Fsp3) is 0.190. The molecular formula is C21H17BrFNO3. The van der Waals surface area contributed by atoms with Crippen LogP contribution in [0.2, 0.25) is 0 Å². The molecule has 0 spiro atoms. The molecule has 2 aromatic carbocycles. The zero-order valence-electron chi connectivity index (χ0n) is 15.0. The number of para-hydroxylation sites is 1. The van der Waals surface area contributed by atoms with Crippen LogP contribution in [0, 0.1) is 5.82 Å². The Hall–Kier alpha value is -2.60. The minimum absolute atomic E-state index is 0.284. The summed E-state index contributed by atoms with van der Waals surface area (Å²) >= 11 is 3.46. The van der Waals surface area contributed by atoms with Crippen molar-refractivity contribution < 1.29 is 13.2 Å². The topological polar surface area (TPSA) is 55.4 Å². The summed E-state index contributed by atoms with van der Waals surface area (Å²) in [6.45, 7) is 5.93. The van der Waals surface area contributed by atoms with Gasteiger partial charge in [-0.1, -0.05) is 28.1 Å². The van der Waals surface area contributed by atoms with Crippen LogP contribution in [0.3, 0.4) is 0 Å². The van der Waals surface area contributed by atoms with Crippen LogP contribution >= 0.6 is 15.9 Å². The van der Waals surface area contributed by atoms with Crippen molar-refractivity contribution in [3.05, 3.63) is 63.2 Å². The minimum atomic E-state index is -0.527. The van der Waals surface area contributed by atoms with Gasteiger partial charge in [-0.15, -0.1) is 0 Å². The van der Waals surface area contributed by atoms with Gasteiger partial charge in [-0.05, 0) is 51.1 Å². The average Bonchev–Trinajstić information content (AvgIpc) is 2.95. The van der Waals surface area contributed by atoms with Crippen molar-refractivity contribution in [3.63, 3.8) is 0 Å². The number of nitrogens with one attached hydrogen (secondary N) is 1. The van der Waals surface area contributed by atoms with Crippen LogP contribution < -0.4 is 10.9 Å². The molecule has 6 heteroatoms. The number of hydrogen-bond donors (Lipinski definition) is 1. The van der Waals surface area contributed by atoms with E-state index in [0.717, 1.165) is 0 Å². The quantitative estimate of drug-likeness (QED) is 0.378. The van der Waals surface area contributed by atoms with E-state index in [1.807, 2.05) is 32.9 Å². The van der Waals surface area contributed by atoms with Crippen molar-refractivity contribution in [2.45, 2.75) is 26.3 Å². The van der Waals surface area contributed by atoms with Crippen LogP contribution in [-0.4, -0.2) is 5.54 Å². The Morgan fingerprint density at radius 2 is 1.81 bits per heavy atom. The summed E-state index contributed by atoms with van der Waals surface area (Å²) in [5.74, 6) is -0.0121. The smallest absolute Gasteiger partial charge is 0.348 e. The third-order valence-corrected chi connectivity index (χ3v) is 4.82. The first-order chi connectivity index (χ1) is 12.7. The third-order valence-electron chi connectivity index (χ3n) is 4.13. The summed E-state index contributed by atoms with van der Waals surface area (Å²) in [7, 11) is 0. The fourth-order valence-corrected chi connectivity index (χ4v) is 3.53. The number of hydrogen-bond acceptors (Lipinski definition) is 4. The lowest BCUT2D eigenvalue weighted by molar-refractivity contribution is 0.557. The van der Waals surface area contributed by atoms with Crippen LogP contribution in [0.15, 0.2) is 60.6 Å². The summed E-state index contributed by atoms with van der Waals surface area (Å²) in [6, 6.07) is 11.5. The molecule has 2 aromatic heterocycles. The van der Waals surface area contributed by atoms with E-state index in [2.05, 4.69) is 21.2 Å². The number of fused-ring (bicyclic) bond motifs is 3. The Morgan fingerprint density at radius 1 is 1.07 bits per heavy atom. The predicted octanol–water partition coefficient (Wildman–Crippen LogP) is 6.32. The van der Waals surface area contributed by atoms with Gasteiger partial charge in [0, 0.05) is 15.6 Å². The first kappa shape index (κ1) is 17.8. The number of anilines is 1. The number of furan rings is 1. The van der Waals surface area contributed by atoms with Crippen molar-refractivity contribution in [2.75, 3.05) is 5.32 Å². The van der Waals surface area contributed by atoms with E-state index in [0.29, 0.717) is 38.0 Å². The second-order valence-electron chi connectivity index (χ2n) is 7.40. The van der Waals surface area contributed by atoms with Gasteiger partial charge in [0.1, 0.15) is 16.8 Å². The summed E-state index contributed by atoms with van der Waals surface area (Å²) in [5, 5.41) is 4.25. The molecule has 0 aliphatic rings. The van der Waals surface area contributed by atoms with E-state index < -0.39 is 11.4 Å². The summed E-state index contributed by atoms with van der Waals surface area (Å²) < 4.78 is 26.2. The lowest BCUT2D eigenvalue weighted by Crippen LogP contribution is -2.26. The number of benzene rings is 2.